The van der Waals surface area contributed by atoms with Gasteiger partial charge in [0.05, 0.1) is 5.56 Å². The Hall–Kier alpha value is -0.420. The molecule has 5 heteroatoms. The molecule has 0 aliphatic carbocycles. The predicted octanol–water partition coefficient (Wildman–Crippen LogP) is 3.88. The van der Waals surface area contributed by atoms with E-state index in [1.54, 1.807) is 12.1 Å². The molecule has 17 heavy (non-hydrogen) atoms. The van der Waals surface area contributed by atoms with Crippen LogP contribution >= 0.6 is 31.9 Å². The van der Waals surface area contributed by atoms with Crippen molar-refractivity contribution >= 4 is 37.8 Å². The Morgan fingerprint density at radius 1 is 1.53 bits per heavy atom. The molecule has 0 aromatic heterocycles. The Balaban J connectivity index is 2.98. The molecule has 1 rings (SSSR count). The minimum absolute atomic E-state index is 0.0492. The monoisotopic (exact) mass is 365 g/mol. The summed E-state index contributed by atoms with van der Waals surface area (Å²) in [6.45, 7) is 3.88. The molecule has 2 nitrogen and oxygen atoms in total. The van der Waals surface area contributed by atoms with E-state index < -0.39 is 11.7 Å². The topological polar surface area (TPSA) is 29.1 Å². The van der Waals surface area contributed by atoms with Crippen molar-refractivity contribution in [3.8, 4) is 0 Å². The van der Waals surface area contributed by atoms with Crippen molar-refractivity contribution < 1.29 is 9.18 Å². The quantitative estimate of drug-likeness (QED) is 0.805. The van der Waals surface area contributed by atoms with Gasteiger partial charge in [-0.15, -0.1) is 0 Å². The van der Waals surface area contributed by atoms with Gasteiger partial charge in [-0.2, -0.15) is 0 Å². The largest absolute Gasteiger partial charge is 0.346 e. The van der Waals surface area contributed by atoms with Crippen LogP contribution in [0.15, 0.2) is 22.7 Å². The van der Waals surface area contributed by atoms with Gasteiger partial charge in [0.1, 0.15) is 5.82 Å². The van der Waals surface area contributed by atoms with E-state index in [-0.39, 0.29) is 11.1 Å². The average Bonchev–Trinajstić information content (AvgIpc) is 2.28. The molecule has 1 atom stereocenters. The van der Waals surface area contributed by atoms with Crippen LogP contribution in [0.2, 0.25) is 0 Å². The van der Waals surface area contributed by atoms with Gasteiger partial charge in [0.2, 0.25) is 0 Å². The third-order valence-corrected chi connectivity index (χ3v) is 4.58. The highest BCUT2D eigenvalue weighted by atomic mass is 79.9. The summed E-state index contributed by atoms with van der Waals surface area (Å²) in [6, 6.07) is 4.48. The van der Waals surface area contributed by atoms with Gasteiger partial charge >= 0.3 is 0 Å². The fraction of sp³-hybridized carbons (Fsp3) is 0.417. The number of benzene rings is 1. The fourth-order valence-corrected chi connectivity index (χ4v) is 2.33. The fourth-order valence-electron chi connectivity index (χ4n) is 1.27. The second-order valence-corrected chi connectivity index (χ2v) is 5.51. The molecule has 1 aromatic carbocycles. The van der Waals surface area contributed by atoms with Crippen LogP contribution in [0, 0.1) is 5.82 Å². The molecule has 0 aliphatic rings. The van der Waals surface area contributed by atoms with Gasteiger partial charge in [-0.25, -0.2) is 4.39 Å². The number of amides is 1. The summed E-state index contributed by atoms with van der Waals surface area (Å²) in [7, 11) is 0. The molecule has 94 valence electrons. The maximum absolute atomic E-state index is 13.6. The minimum atomic E-state index is -0.523. The lowest BCUT2D eigenvalue weighted by Gasteiger charge is -2.27. The van der Waals surface area contributed by atoms with Gasteiger partial charge in [0.25, 0.3) is 5.91 Å². The molecule has 1 unspecified atom stereocenters. The van der Waals surface area contributed by atoms with E-state index in [0.29, 0.717) is 9.80 Å². The van der Waals surface area contributed by atoms with Gasteiger partial charge in [0.15, 0.2) is 0 Å². The Morgan fingerprint density at radius 2 is 2.18 bits per heavy atom. The third-order valence-electron chi connectivity index (χ3n) is 2.68. The first-order chi connectivity index (χ1) is 7.93. The summed E-state index contributed by atoms with van der Waals surface area (Å²) >= 11 is 6.54. The van der Waals surface area contributed by atoms with Gasteiger partial charge in [-0.05, 0) is 41.4 Å². The zero-order chi connectivity index (χ0) is 13.1. The second kappa shape index (κ2) is 5.96. The molecule has 1 aromatic rings. The highest BCUT2D eigenvalue weighted by molar-refractivity contribution is 9.10. The lowest BCUT2D eigenvalue weighted by Crippen LogP contribution is -2.47. The normalized spacial score (nSPS) is 14.2. The summed E-state index contributed by atoms with van der Waals surface area (Å²) in [5, 5.41) is 3.45. The van der Waals surface area contributed by atoms with E-state index >= 15 is 0 Å². The molecule has 0 spiro atoms. The van der Waals surface area contributed by atoms with Crippen molar-refractivity contribution in [2.75, 3.05) is 5.33 Å². The molecule has 0 heterocycles. The van der Waals surface area contributed by atoms with Crippen molar-refractivity contribution in [2.45, 2.75) is 25.8 Å². The van der Waals surface area contributed by atoms with Gasteiger partial charge in [-0.1, -0.05) is 28.9 Å². The number of hydrogen-bond acceptors (Lipinski definition) is 1. The average molecular weight is 367 g/mol. The molecule has 0 saturated carbocycles. The van der Waals surface area contributed by atoms with E-state index in [2.05, 4.69) is 37.2 Å². The molecular formula is C12H14Br2FNO. The molecule has 1 N–H and O–H groups in total. The molecular weight excluding hydrogens is 353 g/mol. The standard InChI is InChI=1S/C12H14Br2FNO/c1-3-12(2,7-13)16-11(17)10-8(14)5-4-6-9(10)15/h4-6H,3,7H2,1-2H3,(H,16,17). The number of halogens is 3. The zero-order valence-corrected chi connectivity index (χ0v) is 12.9. The van der Waals surface area contributed by atoms with Crippen LogP contribution in [0.4, 0.5) is 4.39 Å². The molecule has 0 fully saturated rings. The maximum Gasteiger partial charge on any atom is 0.255 e. The zero-order valence-electron chi connectivity index (χ0n) is 9.69. The molecule has 0 radical (unpaired) electrons. The summed E-state index contributed by atoms with van der Waals surface area (Å²) in [5.41, 5.74) is -0.327. The van der Waals surface area contributed by atoms with Gasteiger partial charge in [0, 0.05) is 15.3 Å². The van der Waals surface area contributed by atoms with Crippen LogP contribution in [0.3, 0.4) is 0 Å². The maximum atomic E-state index is 13.6. The number of carbonyl (C=O) groups excluding carboxylic acids is 1. The molecule has 0 saturated heterocycles. The highest BCUT2D eigenvalue weighted by Gasteiger charge is 2.25. The summed E-state index contributed by atoms with van der Waals surface area (Å²) in [5.74, 6) is -0.927. The predicted molar refractivity (Wildman–Crippen MR) is 74.1 cm³/mol. The Morgan fingerprint density at radius 3 is 2.65 bits per heavy atom. The van der Waals surface area contributed by atoms with E-state index in [4.69, 9.17) is 0 Å². The number of hydrogen-bond donors (Lipinski definition) is 1. The number of rotatable bonds is 4. The van der Waals surface area contributed by atoms with Crippen molar-refractivity contribution in [1.82, 2.24) is 5.32 Å². The van der Waals surface area contributed by atoms with Crippen molar-refractivity contribution in [2.24, 2.45) is 0 Å². The lowest BCUT2D eigenvalue weighted by molar-refractivity contribution is 0.0908. The van der Waals surface area contributed by atoms with Crippen molar-refractivity contribution in [3.05, 3.63) is 34.1 Å². The van der Waals surface area contributed by atoms with Crippen LogP contribution < -0.4 is 5.32 Å². The Bertz CT molecular complexity index is 399. The first-order valence-electron chi connectivity index (χ1n) is 5.26. The molecule has 1 amide bonds. The SMILES string of the molecule is CCC(C)(CBr)NC(=O)c1c(F)cccc1Br. The second-order valence-electron chi connectivity index (χ2n) is 4.10. The summed E-state index contributed by atoms with van der Waals surface area (Å²) < 4.78 is 14.0. The Kier molecular flexibility index (Phi) is 5.13. The van der Waals surface area contributed by atoms with Crippen molar-refractivity contribution in [1.29, 1.82) is 0 Å². The number of nitrogens with one attached hydrogen (secondary N) is 1. The highest BCUT2D eigenvalue weighted by Crippen LogP contribution is 2.21. The number of carbonyl (C=O) groups is 1. The smallest absolute Gasteiger partial charge is 0.255 e. The van der Waals surface area contributed by atoms with E-state index in [9.17, 15) is 9.18 Å². The van der Waals surface area contributed by atoms with Crippen LogP contribution in [0.1, 0.15) is 30.6 Å². The first-order valence-corrected chi connectivity index (χ1v) is 7.17. The molecule has 0 aliphatic heterocycles. The van der Waals surface area contributed by atoms with Gasteiger partial charge in [-0.3, -0.25) is 4.79 Å². The van der Waals surface area contributed by atoms with E-state index in [1.807, 2.05) is 13.8 Å². The minimum Gasteiger partial charge on any atom is -0.346 e. The van der Waals surface area contributed by atoms with Crippen molar-refractivity contribution in [3.63, 3.8) is 0 Å². The third kappa shape index (κ3) is 3.52. The molecule has 0 bridgehead atoms. The van der Waals surface area contributed by atoms with Crippen LogP contribution in [-0.2, 0) is 0 Å². The number of alkyl halides is 1. The summed E-state index contributed by atoms with van der Waals surface area (Å²) in [6.07, 6.45) is 0.760. The van der Waals surface area contributed by atoms with E-state index in [0.717, 1.165) is 6.42 Å². The lowest BCUT2D eigenvalue weighted by atomic mass is 10.0. The van der Waals surface area contributed by atoms with Crippen LogP contribution in [-0.4, -0.2) is 16.8 Å². The summed E-state index contributed by atoms with van der Waals surface area (Å²) in [4.78, 5) is 12.0. The van der Waals surface area contributed by atoms with E-state index in [1.165, 1.54) is 6.07 Å². The first kappa shape index (κ1) is 14.6. The Labute approximate surface area is 117 Å². The van der Waals surface area contributed by atoms with Gasteiger partial charge < -0.3 is 5.32 Å². The van der Waals surface area contributed by atoms with Crippen LogP contribution in [0.5, 0.6) is 0 Å². The van der Waals surface area contributed by atoms with Crippen LogP contribution in [0.25, 0.3) is 0 Å².